The zero-order valence-corrected chi connectivity index (χ0v) is 72.5. The van der Waals surface area contributed by atoms with Crippen LogP contribution in [0.5, 0.6) is 0 Å². The van der Waals surface area contributed by atoms with Crippen LogP contribution in [0.15, 0.2) is 182 Å². The molecule has 5 atom stereocenters. The number of allylic oxidation sites excluding steroid dienone is 30. The molecule has 0 aromatic rings. The maximum absolute atomic E-state index is 13.0. The van der Waals surface area contributed by atoms with Gasteiger partial charge >= 0.3 is 33.6 Å². The lowest BCUT2D eigenvalue weighted by Crippen LogP contribution is -2.30. The zero-order valence-electron chi connectivity index (χ0n) is 70.7. The number of carbonyl (C=O) groups excluding carboxylic acids is 3. The highest BCUT2D eigenvalue weighted by Gasteiger charge is 2.29. The van der Waals surface area contributed by atoms with Crippen LogP contribution in [0.3, 0.4) is 0 Å². The van der Waals surface area contributed by atoms with Crippen LogP contribution in [0.25, 0.3) is 0 Å². The van der Waals surface area contributed by atoms with Crippen molar-refractivity contribution >= 4 is 33.6 Å². The lowest BCUT2D eigenvalue weighted by atomic mass is 10.0. The van der Waals surface area contributed by atoms with Gasteiger partial charge in [0.1, 0.15) is 25.4 Å². The van der Waals surface area contributed by atoms with Crippen LogP contribution in [0, 0.1) is 0 Å². The van der Waals surface area contributed by atoms with Gasteiger partial charge in [-0.3, -0.25) is 32.5 Å². The molecule has 5 unspecified atom stereocenters. The van der Waals surface area contributed by atoms with Gasteiger partial charge in [0.2, 0.25) is 0 Å². The van der Waals surface area contributed by atoms with E-state index in [1.807, 2.05) is 0 Å². The van der Waals surface area contributed by atoms with Crippen molar-refractivity contribution in [3.8, 4) is 0 Å². The lowest BCUT2D eigenvalue weighted by Gasteiger charge is -2.21. The number of aliphatic hydroxyl groups excluding tert-OH is 2. The zero-order chi connectivity index (χ0) is 82.2. The van der Waals surface area contributed by atoms with E-state index in [1.54, 1.807) is 0 Å². The number of rotatable bonds is 82. The van der Waals surface area contributed by atoms with Crippen molar-refractivity contribution in [2.45, 2.75) is 360 Å². The Hall–Kier alpha value is -5.35. The maximum Gasteiger partial charge on any atom is 0.472 e. The number of unbranched alkanes of at least 4 members (excludes halogenated alkanes) is 29. The third-order valence-corrected chi connectivity index (χ3v) is 20.0. The summed E-state index contributed by atoms with van der Waals surface area (Å²) in [6.45, 7) is 2.39. The van der Waals surface area contributed by atoms with Crippen molar-refractivity contribution in [1.82, 2.24) is 0 Å². The molecule has 0 bridgehead atoms. The van der Waals surface area contributed by atoms with Crippen LogP contribution >= 0.6 is 15.6 Å². The second kappa shape index (κ2) is 86.0. The molecular formula is C95H158O16P2. The molecule has 0 radical (unpaired) electrons. The molecule has 0 amide bonds. The van der Waals surface area contributed by atoms with Crippen molar-refractivity contribution in [3.63, 3.8) is 0 Å². The first-order valence-electron chi connectivity index (χ1n) is 44.1. The molecule has 16 nitrogen and oxygen atoms in total. The molecule has 0 aliphatic rings. The van der Waals surface area contributed by atoms with Crippen LogP contribution in [-0.2, 0) is 55.8 Å². The van der Waals surface area contributed by atoms with E-state index in [4.69, 9.17) is 32.3 Å². The van der Waals surface area contributed by atoms with Gasteiger partial charge in [-0.25, -0.2) is 9.13 Å². The maximum atomic E-state index is 13.0. The summed E-state index contributed by atoms with van der Waals surface area (Å²) in [7, 11) is -9.83. The molecule has 0 fully saturated rings. The van der Waals surface area contributed by atoms with E-state index >= 15 is 0 Å². The SMILES string of the molecule is CC/C=C\C/C=C\C/C=C\C/C=C\C/C=C\C/C=C\CCCCCCC(=O)OCC(COP(=O)(O)OCC(O)COP(=O)(O)OCC(O)COC(=O)CCCCCCCCCCCCCCCCCCC/C=C\C/C=C\C/C=C\C/C=C\C/C=C\CC)OC(=O)CCCCCCC/C=C\C/C=C\C/C=C\C/C=C\CCCCC. The fourth-order valence-electron chi connectivity index (χ4n) is 11.5. The highest BCUT2D eigenvalue weighted by atomic mass is 31.2. The summed E-state index contributed by atoms with van der Waals surface area (Å²) in [5.74, 6) is -1.63. The van der Waals surface area contributed by atoms with Gasteiger partial charge < -0.3 is 34.2 Å². The van der Waals surface area contributed by atoms with Crippen molar-refractivity contribution in [2.75, 3.05) is 39.6 Å². The van der Waals surface area contributed by atoms with Gasteiger partial charge in [0, 0.05) is 19.3 Å². The number of hydrogen-bond acceptors (Lipinski definition) is 14. The Bertz CT molecular complexity index is 2780. The van der Waals surface area contributed by atoms with E-state index in [9.17, 15) is 43.5 Å². The van der Waals surface area contributed by atoms with Crippen LogP contribution in [0.2, 0.25) is 0 Å². The minimum absolute atomic E-state index is 0.0713. The van der Waals surface area contributed by atoms with Gasteiger partial charge in [-0.2, -0.15) is 0 Å². The number of phosphoric ester groups is 2. The molecule has 0 saturated carbocycles. The molecule has 113 heavy (non-hydrogen) atoms. The second-order valence-corrected chi connectivity index (χ2v) is 31.8. The Morgan fingerprint density at radius 3 is 0.743 bits per heavy atom. The Balaban J connectivity index is 4.60. The topological polar surface area (TPSA) is 231 Å². The first-order valence-corrected chi connectivity index (χ1v) is 47.1. The summed E-state index contributed by atoms with van der Waals surface area (Å²) in [5.41, 5.74) is 0. The third-order valence-electron chi connectivity index (χ3n) is 18.1. The van der Waals surface area contributed by atoms with Gasteiger partial charge in [-0.05, 0) is 161 Å². The Labute approximate surface area is 687 Å². The van der Waals surface area contributed by atoms with Crippen LogP contribution in [0.4, 0.5) is 0 Å². The van der Waals surface area contributed by atoms with Gasteiger partial charge in [0.15, 0.2) is 6.10 Å². The summed E-state index contributed by atoms with van der Waals surface area (Å²) >= 11 is 0. The van der Waals surface area contributed by atoms with Crippen LogP contribution < -0.4 is 0 Å². The molecule has 0 aromatic carbocycles. The normalized spacial score (nSPS) is 14.7. The van der Waals surface area contributed by atoms with Gasteiger partial charge in [-0.15, -0.1) is 0 Å². The first-order chi connectivity index (χ1) is 55.2. The van der Waals surface area contributed by atoms with E-state index in [-0.39, 0.29) is 19.3 Å². The smallest absolute Gasteiger partial charge is 0.463 e. The lowest BCUT2D eigenvalue weighted by molar-refractivity contribution is -0.161. The summed E-state index contributed by atoms with van der Waals surface area (Å²) in [6, 6.07) is 0. The van der Waals surface area contributed by atoms with Gasteiger partial charge in [-0.1, -0.05) is 344 Å². The third kappa shape index (κ3) is 87.3. The monoisotopic (exact) mass is 1620 g/mol. The molecule has 0 aliphatic carbocycles. The number of esters is 3. The van der Waals surface area contributed by atoms with Gasteiger partial charge in [0.25, 0.3) is 0 Å². The molecule has 0 rings (SSSR count). The first kappa shape index (κ1) is 108. The molecule has 0 heterocycles. The molecule has 0 aromatic heterocycles. The summed E-state index contributed by atoms with van der Waals surface area (Å²) in [6.07, 6.45) is 112. The average molecular weight is 1620 g/mol. The van der Waals surface area contributed by atoms with Crippen molar-refractivity contribution in [3.05, 3.63) is 182 Å². The number of aliphatic hydroxyl groups is 2. The summed E-state index contributed by atoms with van der Waals surface area (Å²) in [5, 5.41) is 20.7. The molecule has 0 aliphatic heterocycles. The average Bonchev–Trinajstić information content (AvgIpc) is 0.902. The minimum Gasteiger partial charge on any atom is -0.463 e. The van der Waals surface area contributed by atoms with Gasteiger partial charge in [0.05, 0.1) is 26.4 Å². The predicted octanol–water partition coefficient (Wildman–Crippen LogP) is 26.9. The predicted molar refractivity (Wildman–Crippen MR) is 472 cm³/mol. The molecule has 644 valence electrons. The van der Waals surface area contributed by atoms with Crippen molar-refractivity contribution in [1.29, 1.82) is 0 Å². The van der Waals surface area contributed by atoms with E-state index < -0.39 is 91.5 Å². The highest BCUT2D eigenvalue weighted by molar-refractivity contribution is 7.47. The second-order valence-electron chi connectivity index (χ2n) is 28.9. The molecule has 18 heteroatoms. The van der Waals surface area contributed by atoms with Crippen molar-refractivity contribution < 1.29 is 75.8 Å². The van der Waals surface area contributed by atoms with E-state index in [1.165, 1.54) is 109 Å². The quantitative estimate of drug-likeness (QED) is 0.0146. The number of carbonyl (C=O) groups is 3. The highest BCUT2D eigenvalue weighted by Crippen LogP contribution is 2.45. The summed E-state index contributed by atoms with van der Waals surface area (Å²) in [4.78, 5) is 58.9. The van der Waals surface area contributed by atoms with Crippen molar-refractivity contribution in [2.24, 2.45) is 0 Å². The van der Waals surface area contributed by atoms with E-state index in [0.717, 1.165) is 173 Å². The Morgan fingerprint density at radius 2 is 0.469 bits per heavy atom. The minimum atomic E-state index is -4.96. The molecule has 4 N–H and O–H groups in total. The van der Waals surface area contributed by atoms with Crippen LogP contribution in [0.1, 0.15) is 342 Å². The molecule has 0 spiro atoms. The number of hydrogen-bond donors (Lipinski definition) is 4. The van der Waals surface area contributed by atoms with Crippen LogP contribution in [-0.4, -0.2) is 95.9 Å². The standard InChI is InChI=1S/C95H158O16P2/c1-4-7-10-13-16-19-22-25-28-31-34-37-39-40-41-42-43-44-45-46-47-48-50-53-54-57-60-63-66-69-72-75-78-81-93(98)105-84-90(96)85-107-112(101,102)108-86-91(97)87-109-113(103,104)110-89-92(111-95(100)83-80-77-74-71-68-65-62-59-56-51-36-33-30-27-24-21-18-15-12-9-6-3)88-106-94(99)82-79-76-73-70-67-64-61-58-55-52-49-38-35-32-29-26-23-20-17-14-11-8-5-2/h7-8,10-11,16-21,25-30,34-38,40-41,51-52,55,59,61-62,64,90-92,96-97H,4-6,9,12-15,22-24,31-33,39,42-50,53-54,56-58,60,63,65-89H2,1-3H3,(H,101,102)(H,103,104)/b10-7-,11-8-,19-16-,20-17-,21-18-,28-25-,29-26-,30-27-,37-34-,38-35-,41-40-,51-36-,55-52-,62-59-,64-61-. The number of ether oxygens (including phenoxy) is 3. The fourth-order valence-corrected chi connectivity index (χ4v) is 13.1. The molecular weight excluding hydrogens is 1460 g/mol. The number of phosphoric acid groups is 2. The fraction of sp³-hybridized carbons (Fsp3) is 0.653. The summed E-state index contributed by atoms with van der Waals surface area (Å²) < 4.78 is 61.3. The van der Waals surface area contributed by atoms with E-state index in [2.05, 4.69) is 203 Å². The molecule has 0 saturated heterocycles. The Morgan fingerprint density at radius 1 is 0.257 bits per heavy atom. The van der Waals surface area contributed by atoms with E-state index in [0.29, 0.717) is 19.3 Å². The largest absolute Gasteiger partial charge is 0.472 e. The Kier molecular flexibility index (Phi) is 81.9.